The molecular weight excluding hydrogens is 373 g/mol. The molecule has 1 atom stereocenters. The molecule has 3 amide bonds. The van der Waals surface area contributed by atoms with Crippen molar-refractivity contribution in [3.63, 3.8) is 0 Å². The van der Waals surface area contributed by atoms with Crippen molar-refractivity contribution in [2.45, 2.75) is 46.8 Å². The minimum absolute atomic E-state index is 0.0404. The molecule has 1 aromatic rings. The quantitative estimate of drug-likeness (QED) is 0.517. The van der Waals surface area contributed by atoms with Crippen LogP contribution in [-0.4, -0.2) is 44.0 Å². The minimum Gasteiger partial charge on any atom is -0.470 e. The molecule has 156 valence electrons. The van der Waals surface area contributed by atoms with Gasteiger partial charge in [0.2, 0.25) is 31.4 Å². The second-order valence-corrected chi connectivity index (χ2v) is 7.46. The predicted molar refractivity (Wildman–Crippen MR) is 110 cm³/mol. The lowest BCUT2D eigenvalue weighted by atomic mass is 10.0. The Balaban J connectivity index is 2.51. The summed E-state index contributed by atoms with van der Waals surface area (Å²) in [4.78, 5) is 47.0. The molecule has 9 heteroatoms. The van der Waals surface area contributed by atoms with Crippen LogP contribution in [0.4, 0.5) is 10.5 Å². The summed E-state index contributed by atoms with van der Waals surface area (Å²) in [6.45, 7) is 7.30. The third kappa shape index (κ3) is 9.78. The molecule has 2 radical (unpaired) electrons. The van der Waals surface area contributed by atoms with Gasteiger partial charge in [-0.25, -0.2) is 0 Å². The van der Waals surface area contributed by atoms with E-state index in [1.807, 2.05) is 27.7 Å². The van der Waals surface area contributed by atoms with Crippen molar-refractivity contribution in [1.82, 2.24) is 10.6 Å². The van der Waals surface area contributed by atoms with E-state index in [1.165, 1.54) is 0 Å². The van der Waals surface area contributed by atoms with Gasteiger partial charge in [-0.15, -0.1) is 0 Å². The summed E-state index contributed by atoms with van der Waals surface area (Å²) in [5, 5.41) is 7.92. The topological polar surface area (TPSA) is 114 Å². The fraction of sp³-hybridized carbons (Fsp3) is 0.500. The van der Waals surface area contributed by atoms with E-state index in [1.54, 1.807) is 24.3 Å². The number of carbonyl (C=O) groups is 4. The van der Waals surface area contributed by atoms with Crippen LogP contribution in [0, 0.1) is 11.8 Å². The van der Waals surface area contributed by atoms with Gasteiger partial charge in [-0.2, -0.15) is 0 Å². The van der Waals surface area contributed by atoms with Crippen LogP contribution in [0.25, 0.3) is 0 Å². The molecule has 0 aromatic heterocycles. The highest BCUT2D eigenvalue weighted by atomic mass is 16.5. The van der Waals surface area contributed by atoms with Gasteiger partial charge in [0, 0.05) is 12.1 Å². The molecule has 0 aliphatic rings. The number of anilines is 1. The second-order valence-electron chi connectivity index (χ2n) is 7.46. The van der Waals surface area contributed by atoms with Crippen molar-refractivity contribution in [2.24, 2.45) is 11.8 Å². The zero-order valence-electron chi connectivity index (χ0n) is 17.3. The Hall–Kier alpha value is -2.84. The molecule has 3 N–H and O–H groups in total. The molecule has 0 aliphatic carbocycles. The SMILES string of the molecule is [B]C(=O)OCc1ccc(NC(=O)CNC(=O)C(NC(=O)CC(C)C)C(C)C)cc1. The maximum atomic E-state index is 12.4. The van der Waals surface area contributed by atoms with E-state index in [0.717, 1.165) is 0 Å². The normalized spacial score (nSPS) is 11.7. The lowest BCUT2D eigenvalue weighted by molar-refractivity contribution is -0.131. The number of rotatable bonds is 10. The van der Waals surface area contributed by atoms with Gasteiger partial charge < -0.3 is 20.7 Å². The molecule has 0 heterocycles. The smallest absolute Gasteiger partial charge is 0.243 e. The third-order valence-electron chi connectivity index (χ3n) is 3.90. The van der Waals surface area contributed by atoms with Gasteiger partial charge in [0.15, 0.2) is 0 Å². The predicted octanol–water partition coefficient (Wildman–Crippen LogP) is 1.73. The summed E-state index contributed by atoms with van der Waals surface area (Å²) in [6, 6.07) is 5.93. The summed E-state index contributed by atoms with van der Waals surface area (Å²) in [6.07, 6.45) is 0.331. The Morgan fingerprint density at radius 3 is 2.14 bits per heavy atom. The molecule has 0 bridgehead atoms. The van der Waals surface area contributed by atoms with Crippen molar-refractivity contribution in [2.75, 3.05) is 11.9 Å². The summed E-state index contributed by atoms with van der Waals surface area (Å²) in [7, 11) is 4.91. The number of nitrogens with one attached hydrogen (secondary N) is 3. The summed E-state index contributed by atoms with van der Waals surface area (Å²) in [5.74, 6) is -1.81. The Morgan fingerprint density at radius 1 is 1.00 bits per heavy atom. The van der Waals surface area contributed by atoms with Crippen LogP contribution >= 0.6 is 0 Å². The number of benzene rings is 1. The van der Waals surface area contributed by atoms with Crippen LogP contribution < -0.4 is 16.0 Å². The van der Waals surface area contributed by atoms with Gasteiger partial charge in [-0.1, -0.05) is 39.8 Å². The van der Waals surface area contributed by atoms with Crippen LogP contribution in [0.5, 0.6) is 0 Å². The number of hydrogen-bond acceptors (Lipinski definition) is 5. The lowest BCUT2D eigenvalue weighted by Crippen LogP contribution is -2.51. The monoisotopic (exact) mass is 401 g/mol. The van der Waals surface area contributed by atoms with Crippen LogP contribution in [0.2, 0.25) is 0 Å². The average Bonchev–Trinajstić information content (AvgIpc) is 2.62. The number of carbonyl (C=O) groups excluding carboxylic acids is 4. The summed E-state index contributed by atoms with van der Waals surface area (Å²) >= 11 is 0. The van der Waals surface area contributed by atoms with Crippen LogP contribution in [0.15, 0.2) is 24.3 Å². The zero-order chi connectivity index (χ0) is 22.0. The van der Waals surface area contributed by atoms with Crippen molar-refractivity contribution < 1.29 is 23.9 Å². The molecule has 1 unspecified atom stereocenters. The molecule has 0 saturated carbocycles. The van der Waals surface area contributed by atoms with Crippen LogP contribution in [0.3, 0.4) is 0 Å². The number of ether oxygens (including phenoxy) is 1. The first kappa shape index (κ1) is 24.2. The van der Waals surface area contributed by atoms with Crippen molar-refractivity contribution in [3.05, 3.63) is 29.8 Å². The molecule has 0 spiro atoms. The molecule has 8 nitrogen and oxygen atoms in total. The van der Waals surface area contributed by atoms with Gasteiger partial charge in [0.1, 0.15) is 12.6 Å². The maximum absolute atomic E-state index is 12.4. The molecule has 0 saturated heterocycles. The van der Waals surface area contributed by atoms with E-state index in [-0.39, 0.29) is 30.9 Å². The molecule has 1 aromatic carbocycles. The van der Waals surface area contributed by atoms with Gasteiger partial charge in [0.05, 0.1) is 6.54 Å². The highest BCUT2D eigenvalue weighted by molar-refractivity contribution is 6.55. The molecule has 1 rings (SSSR count). The van der Waals surface area contributed by atoms with Gasteiger partial charge in [-0.3, -0.25) is 19.2 Å². The Morgan fingerprint density at radius 2 is 1.62 bits per heavy atom. The number of hydrogen-bond donors (Lipinski definition) is 3. The lowest BCUT2D eigenvalue weighted by Gasteiger charge is -2.22. The van der Waals surface area contributed by atoms with Crippen molar-refractivity contribution >= 4 is 37.1 Å². The Kier molecular flexibility index (Phi) is 9.92. The standard InChI is InChI=1S/C20H28BN3O5/c1-12(2)9-16(25)24-18(13(3)4)19(27)22-10-17(26)23-15-7-5-14(6-8-15)11-29-20(21)28/h5-8,12-13,18H,9-11H2,1-4H3,(H,22,27)(H,23,26)(H,24,25). The van der Waals surface area contributed by atoms with E-state index in [2.05, 4.69) is 20.7 Å². The van der Waals surface area contributed by atoms with Crippen LogP contribution in [0.1, 0.15) is 39.7 Å². The minimum atomic E-state index is -0.863. The highest BCUT2D eigenvalue weighted by Gasteiger charge is 2.24. The zero-order valence-corrected chi connectivity index (χ0v) is 17.3. The van der Waals surface area contributed by atoms with E-state index >= 15 is 0 Å². The van der Waals surface area contributed by atoms with Crippen molar-refractivity contribution in [3.8, 4) is 0 Å². The molecule has 0 aliphatic heterocycles. The van der Waals surface area contributed by atoms with E-state index in [4.69, 9.17) is 7.85 Å². The highest BCUT2D eigenvalue weighted by Crippen LogP contribution is 2.10. The first-order valence-corrected chi connectivity index (χ1v) is 9.46. The largest absolute Gasteiger partial charge is 0.470 e. The van der Waals surface area contributed by atoms with E-state index in [0.29, 0.717) is 17.7 Å². The fourth-order valence-electron chi connectivity index (χ4n) is 2.46. The van der Waals surface area contributed by atoms with E-state index < -0.39 is 23.7 Å². The van der Waals surface area contributed by atoms with E-state index in [9.17, 15) is 19.2 Å². The molecular formula is C20H28BN3O5. The van der Waals surface area contributed by atoms with Gasteiger partial charge in [-0.05, 0) is 29.5 Å². The van der Waals surface area contributed by atoms with Gasteiger partial charge in [0.25, 0.3) is 0 Å². The third-order valence-corrected chi connectivity index (χ3v) is 3.90. The Labute approximate surface area is 172 Å². The summed E-state index contributed by atoms with van der Waals surface area (Å²) in [5.41, 5.74) is 1.24. The first-order valence-electron chi connectivity index (χ1n) is 9.46. The van der Waals surface area contributed by atoms with Crippen molar-refractivity contribution in [1.29, 1.82) is 0 Å². The molecule has 0 fully saturated rings. The maximum Gasteiger partial charge on any atom is 0.243 e. The Bertz CT molecular complexity index is 719. The summed E-state index contributed by atoms with van der Waals surface area (Å²) < 4.78 is 4.68. The average molecular weight is 401 g/mol. The second kappa shape index (κ2) is 11.9. The number of amides is 3. The fourth-order valence-corrected chi connectivity index (χ4v) is 2.46. The van der Waals surface area contributed by atoms with Gasteiger partial charge >= 0.3 is 0 Å². The first-order chi connectivity index (χ1) is 13.6. The molecule has 29 heavy (non-hydrogen) atoms. The van der Waals surface area contributed by atoms with Crippen LogP contribution in [-0.2, 0) is 25.7 Å².